The molecule has 2 unspecified atom stereocenters. The number of amides is 1. The minimum Gasteiger partial charge on any atom is -0.381 e. The number of hydrogen-bond acceptors (Lipinski definition) is 3. The summed E-state index contributed by atoms with van der Waals surface area (Å²) in [4.78, 5) is 10.9. The lowest BCUT2D eigenvalue weighted by molar-refractivity contribution is -0.119. The van der Waals surface area contributed by atoms with Crippen LogP contribution in [0.15, 0.2) is 0 Å². The van der Waals surface area contributed by atoms with Gasteiger partial charge in [-0.1, -0.05) is 0 Å². The molecule has 0 bridgehead atoms. The fourth-order valence-corrected chi connectivity index (χ4v) is 1.46. The lowest BCUT2D eigenvalue weighted by atomic mass is 10.0. The summed E-state index contributed by atoms with van der Waals surface area (Å²) in [5.74, 6) is 0.593. The van der Waals surface area contributed by atoms with Crippen molar-refractivity contribution in [1.82, 2.24) is 10.6 Å². The monoisotopic (exact) mass is 186 g/mol. The van der Waals surface area contributed by atoms with E-state index in [-0.39, 0.29) is 5.91 Å². The number of rotatable bonds is 4. The molecule has 1 fully saturated rings. The van der Waals surface area contributed by atoms with Crippen LogP contribution in [-0.2, 0) is 9.53 Å². The van der Waals surface area contributed by atoms with Gasteiger partial charge in [-0.3, -0.25) is 4.79 Å². The number of carbonyl (C=O) groups is 1. The fourth-order valence-electron chi connectivity index (χ4n) is 1.46. The second-order valence-electron chi connectivity index (χ2n) is 3.47. The SMILES string of the molecule is CNC(=O)CNC(C)C1CCOC1. The Kier molecular flexibility index (Phi) is 4.18. The molecule has 2 atom stereocenters. The first-order valence-corrected chi connectivity index (χ1v) is 4.75. The zero-order chi connectivity index (χ0) is 9.68. The van der Waals surface area contributed by atoms with Crippen LogP contribution in [0.2, 0.25) is 0 Å². The molecule has 1 amide bonds. The molecule has 1 aliphatic rings. The minimum absolute atomic E-state index is 0.0331. The summed E-state index contributed by atoms with van der Waals surface area (Å²) in [6.45, 7) is 4.18. The molecule has 1 saturated heterocycles. The molecule has 1 aliphatic heterocycles. The average Bonchev–Trinajstić information content (AvgIpc) is 2.66. The normalized spacial score (nSPS) is 24.3. The summed E-state index contributed by atoms with van der Waals surface area (Å²) in [6.07, 6.45) is 1.10. The predicted octanol–water partition coefficient (Wildman–Crippen LogP) is -0.253. The highest BCUT2D eigenvalue weighted by molar-refractivity contribution is 5.77. The molecule has 1 heterocycles. The van der Waals surface area contributed by atoms with E-state index in [1.807, 2.05) is 0 Å². The summed E-state index contributed by atoms with van der Waals surface area (Å²) in [5.41, 5.74) is 0. The first-order chi connectivity index (χ1) is 6.24. The standard InChI is InChI=1S/C9H18N2O2/c1-7(8-3-4-13-6-8)11-5-9(12)10-2/h7-8,11H,3-6H2,1-2H3,(H,10,12). The van der Waals surface area contributed by atoms with Crippen LogP contribution in [0, 0.1) is 5.92 Å². The van der Waals surface area contributed by atoms with E-state index in [4.69, 9.17) is 4.74 Å². The van der Waals surface area contributed by atoms with Gasteiger partial charge in [-0.05, 0) is 19.3 Å². The summed E-state index contributed by atoms with van der Waals surface area (Å²) in [5, 5.41) is 5.76. The maximum atomic E-state index is 10.9. The lowest BCUT2D eigenvalue weighted by Crippen LogP contribution is -2.40. The van der Waals surface area contributed by atoms with Gasteiger partial charge in [-0.25, -0.2) is 0 Å². The predicted molar refractivity (Wildman–Crippen MR) is 50.5 cm³/mol. The Morgan fingerprint density at radius 2 is 2.46 bits per heavy atom. The van der Waals surface area contributed by atoms with Gasteiger partial charge in [0.15, 0.2) is 0 Å². The highest BCUT2D eigenvalue weighted by atomic mass is 16.5. The summed E-state index contributed by atoms with van der Waals surface area (Å²) in [7, 11) is 1.65. The molecule has 0 spiro atoms. The van der Waals surface area contributed by atoms with E-state index in [2.05, 4.69) is 17.6 Å². The van der Waals surface area contributed by atoms with E-state index in [1.54, 1.807) is 7.05 Å². The Morgan fingerprint density at radius 3 is 3.00 bits per heavy atom. The molecule has 76 valence electrons. The molecule has 0 aromatic carbocycles. The second-order valence-corrected chi connectivity index (χ2v) is 3.47. The Morgan fingerprint density at radius 1 is 1.69 bits per heavy atom. The number of ether oxygens (including phenoxy) is 1. The Labute approximate surface area is 79.0 Å². The van der Waals surface area contributed by atoms with Gasteiger partial charge in [0, 0.05) is 19.7 Å². The quantitative estimate of drug-likeness (QED) is 0.636. The smallest absolute Gasteiger partial charge is 0.233 e. The molecule has 1 rings (SSSR count). The maximum absolute atomic E-state index is 10.9. The molecule has 4 nitrogen and oxygen atoms in total. The zero-order valence-electron chi connectivity index (χ0n) is 8.30. The van der Waals surface area contributed by atoms with E-state index in [0.717, 1.165) is 19.6 Å². The van der Waals surface area contributed by atoms with Crippen molar-refractivity contribution in [3.63, 3.8) is 0 Å². The number of likely N-dealkylation sites (N-methyl/N-ethyl adjacent to an activating group) is 1. The van der Waals surface area contributed by atoms with Gasteiger partial charge in [0.25, 0.3) is 0 Å². The molecule has 0 saturated carbocycles. The molecule has 0 radical (unpaired) electrons. The minimum atomic E-state index is 0.0331. The largest absolute Gasteiger partial charge is 0.381 e. The van der Waals surface area contributed by atoms with Gasteiger partial charge in [-0.15, -0.1) is 0 Å². The van der Waals surface area contributed by atoms with Gasteiger partial charge in [0.05, 0.1) is 13.2 Å². The highest BCUT2D eigenvalue weighted by Crippen LogP contribution is 2.15. The van der Waals surface area contributed by atoms with E-state index in [9.17, 15) is 4.79 Å². The van der Waals surface area contributed by atoms with E-state index >= 15 is 0 Å². The molecular formula is C9H18N2O2. The van der Waals surface area contributed by atoms with Crippen LogP contribution in [0.3, 0.4) is 0 Å². The third-order valence-corrected chi connectivity index (χ3v) is 2.54. The van der Waals surface area contributed by atoms with Crippen molar-refractivity contribution in [3.05, 3.63) is 0 Å². The Hall–Kier alpha value is -0.610. The second kappa shape index (κ2) is 5.19. The topological polar surface area (TPSA) is 50.4 Å². The molecular weight excluding hydrogens is 168 g/mol. The summed E-state index contributed by atoms with van der Waals surface area (Å²) in [6, 6.07) is 0.361. The van der Waals surface area contributed by atoms with Crippen molar-refractivity contribution < 1.29 is 9.53 Å². The van der Waals surface area contributed by atoms with Crippen molar-refractivity contribution in [2.45, 2.75) is 19.4 Å². The third-order valence-electron chi connectivity index (χ3n) is 2.54. The van der Waals surface area contributed by atoms with Gasteiger partial charge in [0.1, 0.15) is 0 Å². The van der Waals surface area contributed by atoms with Gasteiger partial charge < -0.3 is 15.4 Å². The zero-order valence-corrected chi connectivity index (χ0v) is 8.30. The van der Waals surface area contributed by atoms with Crippen molar-refractivity contribution in [1.29, 1.82) is 0 Å². The van der Waals surface area contributed by atoms with Crippen LogP contribution in [0.25, 0.3) is 0 Å². The van der Waals surface area contributed by atoms with Gasteiger partial charge in [-0.2, -0.15) is 0 Å². The van der Waals surface area contributed by atoms with E-state index < -0.39 is 0 Å². The number of hydrogen-bond donors (Lipinski definition) is 2. The van der Waals surface area contributed by atoms with Crippen LogP contribution < -0.4 is 10.6 Å². The first kappa shape index (κ1) is 10.5. The van der Waals surface area contributed by atoms with Crippen LogP contribution in [0.4, 0.5) is 0 Å². The molecule has 2 N–H and O–H groups in total. The lowest BCUT2D eigenvalue weighted by Gasteiger charge is -2.18. The molecule has 0 aromatic rings. The van der Waals surface area contributed by atoms with Crippen molar-refractivity contribution >= 4 is 5.91 Å². The maximum Gasteiger partial charge on any atom is 0.233 e. The third kappa shape index (κ3) is 3.32. The number of carbonyl (C=O) groups excluding carboxylic acids is 1. The van der Waals surface area contributed by atoms with Crippen molar-refractivity contribution in [3.8, 4) is 0 Å². The Bertz CT molecular complexity index is 167. The fraction of sp³-hybridized carbons (Fsp3) is 0.889. The van der Waals surface area contributed by atoms with Crippen LogP contribution in [0.5, 0.6) is 0 Å². The van der Waals surface area contributed by atoms with Crippen LogP contribution in [-0.4, -0.2) is 38.8 Å². The molecule has 0 aliphatic carbocycles. The summed E-state index contributed by atoms with van der Waals surface area (Å²) < 4.78 is 5.27. The molecule has 0 aromatic heterocycles. The van der Waals surface area contributed by atoms with Crippen molar-refractivity contribution in [2.24, 2.45) is 5.92 Å². The van der Waals surface area contributed by atoms with Crippen LogP contribution in [0.1, 0.15) is 13.3 Å². The summed E-state index contributed by atoms with van der Waals surface area (Å²) >= 11 is 0. The van der Waals surface area contributed by atoms with Crippen molar-refractivity contribution in [2.75, 3.05) is 26.8 Å². The van der Waals surface area contributed by atoms with E-state index in [1.165, 1.54) is 0 Å². The van der Waals surface area contributed by atoms with Crippen LogP contribution >= 0.6 is 0 Å². The molecule has 4 heteroatoms. The molecule has 13 heavy (non-hydrogen) atoms. The number of nitrogens with one attached hydrogen (secondary N) is 2. The highest BCUT2D eigenvalue weighted by Gasteiger charge is 2.21. The van der Waals surface area contributed by atoms with E-state index in [0.29, 0.717) is 18.5 Å². The van der Waals surface area contributed by atoms with Gasteiger partial charge >= 0.3 is 0 Å². The average molecular weight is 186 g/mol. The van der Waals surface area contributed by atoms with Gasteiger partial charge in [0.2, 0.25) is 5.91 Å². The first-order valence-electron chi connectivity index (χ1n) is 4.75. The Balaban J connectivity index is 2.16.